The van der Waals surface area contributed by atoms with Gasteiger partial charge in [-0.15, -0.1) is 11.3 Å². The van der Waals surface area contributed by atoms with Gasteiger partial charge in [0.2, 0.25) is 0 Å². The Bertz CT molecular complexity index is 635. The van der Waals surface area contributed by atoms with Crippen molar-refractivity contribution in [1.29, 1.82) is 0 Å². The molecule has 0 amide bonds. The molecular formula is C18H26N4OS. The zero-order valence-corrected chi connectivity index (χ0v) is 15.7. The molecule has 0 aliphatic rings. The average molecular weight is 347 g/mol. The summed E-state index contributed by atoms with van der Waals surface area (Å²) in [4.78, 5) is 12.6. The van der Waals surface area contributed by atoms with Gasteiger partial charge in [0.1, 0.15) is 17.4 Å². The van der Waals surface area contributed by atoms with Crippen LogP contribution in [0.15, 0.2) is 35.3 Å². The normalized spacial score (nSPS) is 11.4. The molecule has 0 bridgehead atoms. The molecule has 0 unspecified atom stereocenters. The van der Waals surface area contributed by atoms with Gasteiger partial charge in [-0.3, -0.25) is 0 Å². The van der Waals surface area contributed by atoms with Crippen molar-refractivity contribution in [2.45, 2.75) is 27.3 Å². The number of aromatic nitrogens is 1. The maximum atomic E-state index is 5.75. The molecule has 0 saturated carbocycles. The number of hydrogen-bond acceptors (Lipinski definition) is 4. The zero-order valence-electron chi connectivity index (χ0n) is 14.9. The molecular weight excluding hydrogens is 320 g/mol. The molecule has 0 spiro atoms. The predicted molar refractivity (Wildman–Crippen MR) is 101 cm³/mol. The largest absolute Gasteiger partial charge is 0.492 e. The molecule has 1 aromatic carbocycles. The molecule has 2 aromatic rings. The predicted octanol–water partition coefficient (Wildman–Crippen LogP) is 3.24. The molecule has 5 nitrogen and oxygen atoms in total. The second-order valence-corrected chi connectivity index (χ2v) is 6.79. The number of thiazole rings is 1. The number of hydrogen-bond donors (Lipinski definition) is 1. The maximum Gasteiger partial charge on any atom is 0.194 e. The fourth-order valence-corrected chi connectivity index (χ4v) is 3.00. The third kappa shape index (κ3) is 5.53. The van der Waals surface area contributed by atoms with E-state index in [4.69, 9.17) is 4.74 Å². The van der Waals surface area contributed by atoms with Crippen molar-refractivity contribution >= 4 is 17.3 Å². The minimum absolute atomic E-state index is 0.603. The fraction of sp³-hybridized carbons (Fsp3) is 0.444. The van der Waals surface area contributed by atoms with Crippen LogP contribution in [0.1, 0.15) is 22.5 Å². The van der Waals surface area contributed by atoms with Crippen LogP contribution in [0.3, 0.4) is 0 Å². The number of ether oxygens (including phenoxy) is 1. The molecule has 2 rings (SSSR count). The Morgan fingerprint density at radius 3 is 2.67 bits per heavy atom. The third-order valence-corrected chi connectivity index (χ3v) is 4.63. The first-order chi connectivity index (χ1) is 11.6. The van der Waals surface area contributed by atoms with Crippen molar-refractivity contribution in [3.8, 4) is 5.75 Å². The van der Waals surface area contributed by atoms with E-state index in [0.717, 1.165) is 35.5 Å². The lowest BCUT2D eigenvalue weighted by molar-refractivity contribution is 0.281. The van der Waals surface area contributed by atoms with E-state index >= 15 is 0 Å². The van der Waals surface area contributed by atoms with Crippen LogP contribution in [0.2, 0.25) is 0 Å². The van der Waals surface area contributed by atoms with E-state index in [-0.39, 0.29) is 0 Å². The minimum atomic E-state index is 0.603. The summed E-state index contributed by atoms with van der Waals surface area (Å²) in [6, 6.07) is 9.86. The summed E-state index contributed by atoms with van der Waals surface area (Å²) < 4.78 is 5.75. The van der Waals surface area contributed by atoms with E-state index in [9.17, 15) is 0 Å². The lowest BCUT2D eigenvalue weighted by atomic mass is 10.3. The number of likely N-dealkylation sites (N-methyl/N-ethyl adjacent to an activating group) is 1. The summed E-state index contributed by atoms with van der Waals surface area (Å²) in [5.74, 6) is 1.77. The van der Waals surface area contributed by atoms with E-state index in [1.807, 2.05) is 44.3 Å². The highest BCUT2D eigenvalue weighted by molar-refractivity contribution is 7.11. The highest BCUT2D eigenvalue weighted by Gasteiger charge is 2.08. The molecule has 0 fully saturated rings. The number of guanidine groups is 1. The monoisotopic (exact) mass is 346 g/mol. The lowest BCUT2D eigenvalue weighted by Gasteiger charge is -2.22. The summed E-state index contributed by atoms with van der Waals surface area (Å²) in [6.07, 6.45) is 0. The molecule has 0 radical (unpaired) electrons. The van der Waals surface area contributed by atoms with Gasteiger partial charge in [-0.1, -0.05) is 18.2 Å². The van der Waals surface area contributed by atoms with E-state index in [0.29, 0.717) is 13.2 Å². The summed E-state index contributed by atoms with van der Waals surface area (Å²) in [5, 5.41) is 4.37. The maximum absolute atomic E-state index is 5.75. The van der Waals surface area contributed by atoms with Crippen LogP contribution in [-0.2, 0) is 6.54 Å². The van der Waals surface area contributed by atoms with Crippen molar-refractivity contribution < 1.29 is 4.74 Å². The molecule has 6 heteroatoms. The Morgan fingerprint density at radius 1 is 1.29 bits per heavy atom. The topological polar surface area (TPSA) is 49.8 Å². The number of para-hydroxylation sites is 1. The van der Waals surface area contributed by atoms with Crippen molar-refractivity contribution in [3.63, 3.8) is 0 Å². The fourth-order valence-electron chi connectivity index (χ4n) is 2.14. The Balaban J connectivity index is 1.89. The highest BCUT2D eigenvalue weighted by Crippen LogP contribution is 2.17. The lowest BCUT2D eigenvalue weighted by Crippen LogP contribution is -2.40. The van der Waals surface area contributed by atoms with Gasteiger partial charge in [0.25, 0.3) is 0 Å². The SMILES string of the molecule is CCNC(=NCc1nc(C)c(C)s1)N(C)CCOc1ccccc1. The zero-order chi connectivity index (χ0) is 17.4. The van der Waals surface area contributed by atoms with Crippen LogP contribution in [-0.4, -0.2) is 42.6 Å². The summed E-state index contributed by atoms with van der Waals surface area (Å²) >= 11 is 1.71. The Hall–Kier alpha value is -2.08. The quantitative estimate of drug-likeness (QED) is 0.618. The van der Waals surface area contributed by atoms with E-state index in [1.165, 1.54) is 4.88 Å². The molecule has 0 atom stereocenters. The molecule has 130 valence electrons. The van der Waals surface area contributed by atoms with E-state index < -0.39 is 0 Å². The molecule has 1 heterocycles. The van der Waals surface area contributed by atoms with Gasteiger partial charge in [0.15, 0.2) is 5.96 Å². The number of nitrogens with zero attached hydrogens (tertiary/aromatic N) is 3. The minimum Gasteiger partial charge on any atom is -0.492 e. The van der Waals surface area contributed by atoms with Crippen molar-refractivity contribution in [3.05, 3.63) is 45.9 Å². The van der Waals surface area contributed by atoms with Gasteiger partial charge < -0.3 is 15.0 Å². The summed E-state index contributed by atoms with van der Waals surface area (Å²) in [5.41, 5.74) is 1.10. The number of benzene rings is 1. The van der Waals surface area contributed by atoms with Crippen LogP contribution in [0.4, 0.5) is 0 Å². The Labute approximate surface area is 148 Å². The number of aryl methyl sites for hydroxylation is 2. The van der Waals surface area contributed by atoms with Crippen molar-refractivity contribution in [1.82, 2.24) is 15.2 Å². The van der Waals surface area contributed by atoms with Gasteiger partial charge in [-0.05, 0) is 32.9 Å². The van der Waals surface area contributed by atoms with Crippen LogP contribution < -0.4 is 10.1 Å². The second kappa shape index (κ2) is 9.27. The molecule has 0 saturated heterocycles. The number of rotatable bonds is 7. The van der Waals surface area contributed by atoms with Gasteiger partial charge in [-0.25, -0.2) is 9.98 Å². The first-order valence-corrected chi connectivity index (χ1v) is 9.02. The van der Waals surface area contributed by atoms with Gasteiger partial charge in [-0.2, -0.15) is 0 Å². The standard InChI is InChI=1S/C18H26N4OS/c1-5-19-18(20-13-17-21-14(2)15(3)24-17)22(4)11-12-23-16-9-7-6-8-10-16/h6-10H,5,11-13H2,1-4H3,(H,19,20). The first-order valence-electron chi connectivity index (χ1n) is 8.20. The van der Waals surface area contributed by atoms with Crippen LogP contribution in [0, 0.1) is 13.8 Å². The average Bonchev–Trinajstić information content (AvgIpc) is 2.90. The molecule has 24 heavy (non-hydrogen) atoms. The third-order valence-electron chi connectivity index (χ3n) is 3.57. The summed E-state index contributed by atoms with van der Waals surface area (Å²) in [6.45, 7) is 9.01. The molecule has 0 aliphatic carbocycles. The van der Waals surface area contributed by atoms with Crippen molar-refractivity contribution in [2.75, 3.05) is 26.7 Å². The molecule has 1 aromatic heterocycles. The Kier molecular flexibility index (Phi) is 7.06. The number of nitrogens with one attached hydrogen (secondary N) is 1. The van der Waals surface area contributed by atoms with Gasteiger partial charge >= 0.3 is 0 Å². The molecule has 1 N–H and O–H groups in total. The van der Waals surface area contributed by atoms with Gasteiger partial charge in [0, 0.05) is 18.5 Å². The van der Waals surface area contributed by atoms with E-state index in [1.54, 1.807) is 11.3 Å². The van der Waals surface area contributed by atoms with Crippen LogP contribution in [0.5, 0.6) is 5.75 Å². The smallest absolute Gasteiger partial charge is 0.194 e. The first kappa shape index (κ1) is 18.3. The van der Waals surface area contributed by atoms with Gasteiger partial charge in [0.05, 0.1) is 18.8 Å². The summed E-state index contributed by atoms with van der Waals surface area (Å²) in [7, 11) is 2.02. The van der Waals surface area contributed by atoms with E-state index in [2.05, 4.69) is 34.0 Å². The van der Waals surface area contributed by atoms with Crippen molar-refractivity contribution in [2.24, 2.45) is 4.99 Å². The number of aliphatic imine (C=N–C) groups is 1. The van der Waals surface area contributed by atoms with Crippen LogP contribution in [0.25, 0.3) is 0 Å². The van der Waals surface area contributed by atoms with Crippen LogP contribution >= 0.6 is 11.3 Å². The highest BCUT2D eigenvalue weighted by atomic mass is 32.1. The molecule has 0 aliphatic heterocycles. The second-order valence-electron chi connectivity index (χ2n) is 5.50. The Morgan fingerprint density at radius 2 is 2.04 bits per heavy atom.